The zero-order chi connectivity index (χ0) is 12.6. The second-order valence-corrected chi connectivity index (χ2v) is 3.69. The maximum atomic E-state index is 12.9. The summed E-state index contributed by atoms with van der Waals surface area (Å²) in [4.78, 5) is 14.6. The van der Waals surface area contributed by atoms with Crippen molar-refractivity contribution >= 4 is 0 Å². The van der Waals surface area contributed by atoms with E-state index >= 15 is 0 Å². The van der Waals surface area contributed by atoms with Gasteiger partial charge >= 0.3 is 5.69 Å². The van der Waals surface area contributed by atoms with E-state index in [2.05, 4.69) is 4.98 Å². The summed E-state index contributed by atoms with van der Waals surface area (Å²) >= 11 is 0. The van der Waals surface area contributed by atoms with E-state index in [1.807, 2.05) is 0 Å². The molecule has 0 spiro atoms. The Morgan fingerprint density at radius 2 is 2.18 bits per heavy atom. The van der Waals surface area contributed by atoms with Gasteiger partial charge in [0.05, 0.1) is 12.8 Å². The van der Waals surface area contributed by atoms with Crippen LogP contribution in [-0.4, -0.2) is 49.8 Å². The Bertz CT molecular complexity index is 465. The first-order valence-corrected chi connectivity index (χ1v) is 4.90. The fourth-order valence-corrected chi connectivity index (χ4v) is 1.70. The highest BCUT2D eigenvalue weighted by molar-refractivity contribution is 4.94. The van der Waals surface area contributed by atoms with Crippen LogP contribution in [0.2, 0.25) is 0 Å². The van der Waals surface area contributed by atoms with Crippen molar-refractivity contribution in [2.45, 2.75) is 24.5 Å². The number of rotatable bonds is 2. The topological polar surface area (TPSA) is 105 Å². The second kappa shape index (κ2) is 4.49. The van der Waals surface area contributed by atoms with Gasteiger partial charge in [0.2, 0.25) is 0 Å². The molecule has 4 atom stereocenters. The van der Waals surface area contributed by atoms with Crippen LogP contribution in [0, 0.1) is 5.82 Å². The van der Waals surface area contributed by atoms with Gasteiger partial charge in [0.1, 0.15) is 18.3 Å². The highest BCUT2D eigenvalue weighted by Crippen LogP contribution is 2.27. The van der Waals surface area contributed by atoms with Crippen molar-refractivity contribution in [1.82, 2.24) is 9.55 Å². The maximum Gasteiger partial charge on any atom is 0.349 e. The molecule has 7 nitrogen and oxygen atoms in total. The zero-order valence-electron chi connectivity index (χ0n) is 8.60. The average Bonchev–Trinajstić information content (AvgIpc) is 2.59. The quantitative estimate of drug-likeness (QED) is 0.557. The van der Waals surface area contributed by atoms with E-state index in [4.69, 9.17) is 9.84 Å². The molecule has 1 aliphatic rings. The Kier molecular flexibility index (Phi) is 3.20. The molecule has 0 unspecified atom stereocenters. The van der Waals surface area contributed by atoms with Crippen molar-refractivity contribution in [3.8, 4) is 0 Å². The molecule has 0 radical (unpaired) electrons. The first kappa shape index (κ1) is 12.1. The second-order valence-electron chi connectivity index (χ2n) is 3.69. The molecule has 3 N–H and O–H groups in total. The smallest absolute Gasteiger partial charge is 0.349 e. The SMILES string of the molecule is O=c1ncc(F)cn1[C@@H]1O[C@H](CO)[C@@H](O)[C@H]1O. The Hall–Kier alpha value is -1.35. The summed E-state index contributed by atoms with van der Waals surface area (Å²) in [5.41, 5.74) is -0.818. The number of aliphatic hydroxyl groups excluding tert-OH is 3. The van der Waals surface area contributed by atoms with Gasteiger partial charge in [-0.15, -0.1) is 0 Å². The van der Waals surface area contributed by atoms with E-state index in [1.54, 1.807) is 0 Å². The molecule has 0 saturated carbocycles. The zero-order valence-corrected chi connectivity index (χ0v) is 8.60. The fraction of sp³-hybridized carbons (Fsp3) is 0.556. The highest BCUT2D eigenvalue weighted by Gasteiger charge is 2.43. The Morgan fingerprint density at radius 3 is 2.76 bits per heavy atom. The van der Waals surface area contributed by atoms with E-state index in [-0.39, 0.29) is 0 Å². The predicted molar refractivity (Wildman–Crippen MR) is 51.5 cm³/mol. The molecule has 1 aromatic rings. The third-order valence-electron chi connectivity index (χ3n) is 2.57. The molecule has 1 saturated heterocycles. The minimum absolute atomic E-state index is 0.522. The van der Waals surface area contributed by atoms with Crippen LogP contribution in [0.5, 0.6) is 0 Å². The molecule has 94 valence electrons. The summed E-state index contributed by atoms with van der Waals surface area (Å²) < 4.78 is 18.7. The van der Waals surface area contributed by atoms with Crippen LogP contribution in [0.4, 0.5) is 4.39 Å². The lowest BCUT2D eigenvalue weighted by molar-refractivity contribution is -0.0553. The summed E-state index contributed by atoms with van der Waals surface area (Å²) in [6.07, 6.45) is -3.52. The van der Waals surface area contributed by atoms with Gasteiger partial charge in [0.15, 0.2) is 12.0 Å². The lowest BCUT2D eigenvalue weighted by atomic mass is 10.1. The highest BCUT2D eigenvalue weighted by atomic mass is 19.1. The summed E-state index contributed by atoms with van der Waals surface area (Å²) in [5, 5.41) is 28.0. The van der Waals surface area contributed by atoms with E-state index < -0.39 is 42.7 Å². The summed E-state index contributed by atoms with van der Waals surface area (Å²) in [6, 6.07) is 0. The lowest BCUT2D eigenvalue weighted by Crippen LogP contribution is -2.36. The minimum atomic E-state index is -1.44. The number of hydrogen-bond acceptors (Lipinski definition) is 6. The van der Waals surface area contributed by atoms with Crippen LogP contribution in [0.15, 0.2) is 17.2 Å². The van der Waals surface area contributed by atoms with E-state index in [9.17, 15) is 19.4 Å². The van der Waals surface area contributed by atoms with Crippen LogP contribution in [0.3, 0.4) is 0 Å². The summed E-state index contributed by atoms with van der Waals surface area (Å²) in [6.45, 7) is -0.522. The molecule has 0 bridgehead atoms. The van der Waals surface area contributed by atoms with Crippen LogP contribution in [-0.2, 0) is 4.74 Å². The monoisotopic (exact) mass is 246 g/mol. The number of halogens is 1. The maximum absolute atomic E-state index is 12.9. The largest absolute Gasteiger partial charge is 0.394 e. The van der Waals surface area contributed by atoms with Crippen LogP contribution in [0.25, 0.3) is 0 Å². The van der Waals surface area contributed by atoms with Gasteiger partial charge in [-0.25, -0.2) is 9.18 Å². The predicted octanol–water partition coefficient (Wildman–Crippen LogP) is -2.01. The van der Waals surface area contributed by atoms with E-state index in [0.29, 0.717) is 0 Å². The minimum Gasteiger partial charge on any atom is -0.394 e. The molecule has 1 aromatic heterocycles. The van der Waals surface area contributed by atoms with Gasteiger partial charge in [-0.2, -0.15) is 4.98 Å². The molecule has 2 heterocycles. The van der Waals surface area contributed by atoms with Crippen LogP contribution >= 0.6 is 0 Å². The third-order valence-corrected chi connectivity index (χ3v) is 2.57. The Balaban J connectivity index is 2.35. The molecule has 2 rings (SSSR count). The third kappa shape index (κ3) is 2.07. The molecule has 1 aliphatic heterocycles. The van der Waals surface area contributed by atoms with Gasteiger partial charge in [0, 0.05) is 6.20 Å². The molecular formula is C9H11FN2O5. The van der Waals surface area contributed by atoms with Gasteiger partial charge in [-0.3, -0.25) is 4.57 Å². The molecule has 0 amide bonds. The fourth-order valence-electron chi connectivity index (χ4n) is 1.70. The van der Waals surface area contributed by atoms with Crippen molar-refractivity contribution in [2.24, 2.45) is 0 Å². The molecular weight excluding hydrogens is 235 g/mol. The molecule has 0 aliphatic carbocycles. The van der Waals surface area contributed by atoms with Gasteiger partial charge < -0.3 is 20.1 Å². The van der Waals surface area contributed by atoms with Crippen molar-refractivity contribution in [3.05, 3.63) is 28.7 Å². The average molecular weight is 246 g/mol. The van der Waals surface area contributed by atoms with Crippen molar-refractivity contribution in [1.29, 1.82) is 0 Å². The van der Waals surface area contributed by atoms with Crippen molar-refractivity contribution < 1.29 is 24.4 Å². The van der Waals surface area contributed by atoms with Gasteiger partial charge in [0.25, 0.3) is 0 Å². The van der Waals surface area contributed by atoms with Crippen molar-refractivity contribution in [2.75, 3.05) is 6.61 Å². The van der Waals surface area contributed by atoms with Crippen LogP contribution < -0.4 is 5.69 Å². The normalized spacial score (nSPS) is 32.9. The number of hydrogen-bond donors (Lipinski definition) is 3. The summed E-state index contributed by atoms with van der Waals surface area (Å²) in [7, 11) is 0. The van der Waals surface area contributed by atoms with Crippen molar-refractivity contribution in [3.63, 3.8) is 0 Å². The Labute approximate surface area is 94.7 Å². The van der Waals surface area contributed by atoms with Gasteiger partial charge in [-0.05, 0) is 0 Å². The number of aromatic nitrogens is 2. The summed E-state index contributed by atoms with van der Waals surface area (Å²) in [5.74, 6) is -0.776. The molecule has 1 fully saturated rings. The molecule has 0 aromatic carbocycles. The standard InChI is InChI=1S/C9H11FN2O5/c10-4-1-11-9(16)12(2-4)8-7(15)6(14)5(3-13)17-8/h1-2,5-8,13-15H,3H2/t5-,6-,7-,8-/m1/s1. The first-order valence-electron chi connectivity index (χ1n) is 4.90. The van der Waals surface area contributed by atoms with E-state index in [1.165, 1.54) is 0 Å². The lowest BCUT2D eigenvalue weighted by Gasteiger charge is -2.16. The number of aliphatic hydroxyl groups is 3. The number of nitrogens with zero attached hydrogens (tertiary/aromatic N) is 2. The first-order chi connectivity index (χ1) is 8.04. The number of ether oxygens (including phenoxy) is 1. The van der Waals surface area contributed by atoms with Crippen LogP contribution in [0.1, 0.15) is 6.23 Å². The Morgan fingerprint density at radius 1 is 1.47 bits per heavy atom. The molecule has 8 heteroatoms. The van der Waals surface area contributed by atoms with E-state index in [0.717, 1.165) is 17.0 Å². The van der Waals surface area contributed by atoms with Gasteiger partial charge in [-0.1, -0.05) is 0 Å². The molecule has 17 heavy (non-hydrogen) atoms.